The molecule has 174 valence electrons. The fourth-order valence-corrected chi connectivity index (χ4v) is 5.01. The highest BCUT2D eigenvalue weighted by Crippen LogP contribution is 2.19. The molecule has 3 rings (SSSR count). The lowest BCUT2D eigenvalue weighted by atomic mass is 10.1. The number of carbonyl (C=O) groups excluding carboxylic acids is 1. The maximum absolute atomic E-state index is 13.2. The Balaban J connectivity index is 1.51. The maximum Gasteiger partial charge on any atom is 0.243 e. The minimum absolute atomic E-state index is 0.0655. The van der Waals surface area contributed by atoms with E-state index in [-0.39, 0.29) is 22.7 Å². The second kappa shape index (κ2) is 11.0. The first kappa shape index (κ1) is 24.3. The Morgan fingerprint density at radius 2 is 1.72 bits per heavy atom. The van der Waals surface area contributed by atoms with E-state index < -0.39 is 10.0 Å². The van der Waals surface area contributed by atoms with Gasteiger partial charge in [-0.05, 0) is 55.9 Å². The van der Waals surface area contributed by atoms with Crippen molar-refractivity contribution < 1.29 is 22.3 Å². The Hall–Kier alpha value is -2.33. The van der Waals surface area contributed by atoms with Crippen molar-refractivity contribution in [3.63, 3.8) is 0 Å². The third-order valence-corrected chi connectivity index (χ3v) is 7.46. The van der Waals surface area contributed by atoms with Crippen LogP contribution in [0.1, 0.15) is 23.6 Å². The Bertz CT molecular complexity index is 989. The van der Waals surface area contributed by atoms with Crippen molar-refractivity contribution in [1.29, 1.82) is 0 Å². The van der Waals surface area contributed by atoms with Gasteiger partial charge in [0.1, 0.15) is 5.82 Å². The molecule has 1 atom stereocenters. The Morgan fingerprint density at radius 1 is 1.09 bits per heavy atom. The van der Waals surface area contributed by atoms with E-state index in [1.165, 1.54) is 16.4 Å². The van der Waals surface area contributed by atoms with Crippen LogP contribution in [0.2, 0.25) is 0 Å². The van der Waals surface area contributed by atoms with Crippen LogP contribution in [0.5, 0.6) is 0 Å². The number of benzene rings is 2. The fourth-order valence-electron chi connectivity index (χ4n) is 3.60. The molecule has 1 unspecified atom stereocenters. The van der Waals surface area contributed by atoms with Crippen molar-refractivity contribution in [2.75, 3.05) is 46.9 Å². The largest absolute Gasteiger partial charge is 0.379 e. The number of likely N-dealkylation sites (N-methyl/N-ethyl adjacent to an activating group) is 1. The quantitative estimate of drug-likeness (QED) is 0.617. The number of amides is 1. The van der Waals surface area contributed by atoms with E-state index in [0.717, 1.165) is 11.1 Å². The Kier molecular flexibility index (Phi) is 8.36. The number of nitrogens with one attached hydrogen (secondary N) is 1. The molecule has 2 aromatic rings. The number of carbonyl (C=O) groups is 1. The number of aryl methyl sites for hydroxylation is 1. The van der Waals surface area contributed by atoms with Crippen molar-refractivity contribution in [3.8, 4) is 0 Å². The zero-order chi connectivity index (χ0) is 23.1. The van der Waals surface area contributed by atoms with Crippen LogP contribution in [0.25, 0.3) is 0 Å². The second-order valence-electron chi connectivity index (χ2n) is 8.00. The van der Waals surface area contributed by atoms with Crippen molar-refractivity contribution in [1.82, 2.24) is 14.5 Å². The van der Waals surface area contributed by atoms with Gasteiger partial charge in [-0.3, -0.25) is 4.79 Å². The van der Waals surface area contributed by atoms with Gasteiger partial charge in [-0.1, -0.05) is 24.3 Å². The highest BCUT2D eigenvalue weighted by molar-refractivity contribution is 7.89. The molecule has 0 bridgehead atoms. The Morgan fingerprint density at radius 3 is 2.31 bits per heavy atom. The number of hydrogen-bond donors (Lipinski definition) is 1. The number of hydrogen-bond acceptors (Lipinski definition) is 5. The van der Waals surface area contributed by atoms with Gasteiger partial charge in [-0.15, -0.1) is 0 Å². The van der Waals surface area contributed by atoms with Crippen LogP contribution in [-0.2, 0) is 26.0 Å². The molecule has 2 aromatic carbocycles. The first-order valence-corrected chi connectivity index (χ1v) is 12.1. The molecular formula is C23H30FN3O4S. The number of halogens is 1. The van der Waals surface area contributed by atoms with E-state index in [0.29, 0.717) is 45.7 Å². The third kappa shape index (κ3) is 6.35. The number of nitrogens with zero attached hydrogens (tertiary/aromatic N) is 2. The van der Waals surface area contributed by atoms with Crippen molar-refractivity contribution in [3.05, 3.63) is 65.5 Å². The summed E-state index contributed by atoms with van der Waals surface area (Å²) in [5.41, 5.74) is 1.82. The summed E-state index contributed by atoms with van der Waals surface area (Å²) in [7, 11) is 0.299. The van der Waals surface area contributed by atoms with Gasteiger partial charge in [0.25, 0.3) is 0 Å². The van der Waals surface area contributed by atoms with Gasteiger partial charge in [0.2, 0.25) is 15.9 Å². The maximum atomic E-state index is 13.2. The molecule has 7 nitrogen and oxygen atoms in total. The van der Waals surface area contributed by atoms with Crippen LogP contribution < -0.4 is 5.32 Å². The number of rotatable bonds is 9. The molecule has 9 heteroatoms. The summed E-state index contributed by atoms with van der Waals surface area (Å²) in [4.78, 5) is 14.6. The van der Waals surface area contributed by atoms with E-state index in [4.69, 9.17) is 4.74 Å². The number of sulfonamides is 1. The highest BCUT2D eigenvalue weighted by atomic mass is 32.2. The topological polar surface area (TPSA) is 79.0 Å². The molecule has 0 spiro atoms. The normalized spacial score (nSPS) is 16.1. The predicted octanol–water partition coefficient (Wildman–Crippen LogP) is 2.20. The molecule has 1 fully saturated rings. The van der Waals surface area contributed by atoms with Gasteiger partial charge in [-0.2, -0.15) is 4.31 Å². The standard InChI is InChI=1S/C23H30FN3O4S/c1-26(2)22(19-6-8-20(24)9-7-19)17-25-23(28)12-5-18-3-10-21(11-4-18)32(29,30)27-13-15-31-16-14-27/h3-4,6-11,22H,5,12-17H2,1-2H3,(H,25,28). The summed E-state index contributed by atoms with van der Waals surface area (Å²) in [6.07, 6.45) is 0.798. The Labute approximate surface area is 189 Å². The van der Waals surface area contributed by atoms with E-state index in [1.807, 2.05) is 19.0 Å². The molecule has 32 heavy (non-hydrogen) atoms. The molecule has 0 aromatic heterocycles. The zero-order valence-corrected chi connectivity index (χ0v) is 19.3. The molecular weight excluding hydrogens is 433 g/mol. The van der Waals surface area contributed by atoms with Crippen LogP contribution in [-0.4, -0.2) is 70.5 Å². The third-order valence-electron chi connectivity index (χ3n) is 5.54. The number of morpholine rings is 1. The molecule has 1 amide bonds. The van der Waals surface area contributed by atoms with Crippen LogP contribution >= 0.6 is 0 Å². The van der Waals surface area contributed by atoms with Crippen LogP contribution in [0.15, 0.2) is 53.4 Å². The van der Waals surface area contributed by atoms with Crippen LogP contribution in [0.4, 0.5) is 4.39 Å². The monoisotopic (exact) mass is 463 g/mol. The van der Waals surface area contributed by atoms with E-state index in [1.54, 1.807) is 36.4 Å². The van der Waals surface area contributed by atoms with Gasteiger partial charge in [0.05, 0.1) is 24.2 Å². The van der Waals surface area contributed by atoms with Gasteiger partial charge in [0.15, 0.2) is 0 Å². The highest BCUT2D eigenvalue weighted by Gasteiger charge is 2.26. The average molecular weight is 464 g/mol. The summed E-state index contributed by atoms with van der Waals surface area (Å²) >= 11 is 0. The summed E-state index contributed by atoms with van der Waals surface area (Å²) in [6.45, 7) is 1.94. The lowest BCUT2D eigenvalue weighted by molar-refractivity contribution is -0.121. The summed E-state index contributed by atoms with van der Waals surface area (Å²) in [6, 6.07) is 12.9. The molecule has 0 saturated carbocycles. The van der Waals surface area contributed by atoms with Crippen molar-refractivity contribution in [2.24, 2.45) is 0 Å². The van der Waals surface area contributed by atoms with Gasteiger partial charge in [0, 0.05) is 26.1 Å². The van der Waals surface area contributed by atoms with E-state index in [2.05, 4.69) is 5.32 Å². The van der Waals surface area contributed by atoms with E-state index in [9.17, 15) is 17.6 Å². The molecule has 0 aliphatic carbocycles. The molecule has 1 heterocycles. The molecule has 1 aliphatic rings. The van der Waals surface area contributed by atoms with E-state index >= 15 is 0 Å². The smallest absolute Gasteiger partial charge is 0.243 e. The molecule has 1 N–H and O–H groups in total. The predicted molar refractivity (Wildman–Crippen MR) is 120 cm³/mol. The van der Waals surface area contributed by atoms with Gasteiger partial charge < -0.3 is 15.0 Å². The van der Waals surface area contributed by atoms with Gasteiger partial charge >= 0.3 is 0 Å². The molecule has 1 saturated heterocycles. The van der Waals surface area contributed by atoms with Crippen molar-refractivity contribution >= 4 is 15.9 Å². The van der Waals surface area contributed by atoms with Crippen LogP contribution in [0, 0.1) is 5.82 Å². The first-order chi connectivity index (χ1) is 15.3. The second-order valence-corrected chi connectivity index (χ2v) is 9.93. The first-order valence-electron chi connectivity index (χ1n) is 10.6. The summed E-state index contributed by atoms with van der Waals surface area (Å²) < 4.78 is 45.2. The van der Waals surface area contributed by atoms with Crippen molar-refractivity contribution in [2.45, 2.75) is 23.8 Å². The molecule has 0 radical (unpaired) electrons. The summed E-state index contributed by atoms with van der Waals surface area (Å²) in [5.74, 6) is -0.386. The van der Waals surface area contributed by atoms with Gasteiger partial charge in [-0.25, -0.2) is 12.8 Å². The fraction of sp³-hybridized carbons (Fsp3) is 0.435. The lowest BCUT2D eigenvalue weighted by Crippen LogP contribution is -2.40. The van der Waals surface area contributed by atoms with Crippen LogP contribution in [0.3, 0.4) is 0 Å². The number of ether oxygens (including phenoxy) is 1. The minimum Gasteiger partial charge on any atom is -0.379 e. The lowest BCUT2D eigenvalue weighted by Gasteiger charge is -2.26. The SMILES string of the molecule is CN(C)C(CNC(=O)CCc1ccc(S(=O)(=O)N2CCOCC2)cc1)c1ccc(F)cc1. The zero-order valence-electron chi connectivity index (χ0n) is 18.5. The minimum atomic E-state index is -3.52. The summed E-state index contributed by atoms with van der Waals surface area (Å²) in [5, 5.41) is 2.94. The average Bonchev–Trinajstić information content (AvgIpc) is 2.79. The molecule has 1 aliphatic heterocycles.